The third-order valence-corrected chi connectivity index (χ3v) is 2.76. The normalized spacial score (nSPS) is 11.1. The number of imidazole rings is 1. The van der Waals surface area contributed by atoms with Crippen LogP contribution in [0.2, 0.25) is 0 Å². The van der Waals surface area contributed by atoms with Crippen LogP contribution in [0, 0.1) is 0 Å². The van der Waals surface area contributed by atoms with Gasteiger partial charge in [-0.2, -0.15) is 16.7 Å². The third-order valence-electron chi connectivity index (χ3n) is 2.17. The lowest BCUT2D eigenvalue weighted by molar-refractivity contribution is 0.759. The maximum atomic E-state index is 11.6. The number of anilines is 1. The van der Waals surface area contributed by atoms with E-state index in [2.05, 4.69) is 15.0 Å². The lowest BCUT2D eigenvalue weighted by Gasteiger charge is -2.00. The molecule has 2 rings (SSSR count). The van der Waals surface area contributed by atoms with Crippen molar-refractivity contribution in [1.82, 2.24) is 19.5 Å². The topological polar surface area (TPSA) is 110 Å². The van der Waals surface area contributed by atoms with Gasteiger partial charge in [-0.15, -0.1) is 0 Å². The van der Waals surface area contributed by atoms with Gasteiger partial charge in [-0.25, -0.2) is 4.79 Å². The molecule has 2 aromatic heterocycles. The fourth-order valence-electron chi connectivity index (χ4n) is 1.49. The second-order valence-electron chi connectivity index (χ2n) is 3.22. The van der Waals surface area contributed by atoms with E-state index in [0.29, 0.717) is 6.54 Å². The van der Waals surface area contributed by atoms with Crippen molar-refractivity contribution in [2.45, 2.75) is 6.54 Å². The summed E-state index contributed by atoms with van der Waals surface area (Å²) in [6.45, 7) is 0.467. The summed E-state index contributed by atoms with van der Waals surface area (Å²) >= 11 is 1.60. The number of nitrogens with two attached hydrogens (primary N) is 1. The van der Waals surface area contributed by atoms with Crippen molar-refractivity contribution >= 4 is 28.9 Å². The Hall–Kier alpha value is -1.70. The first-order chi connectivity index (χ1) is 7.63. The molecule has 86 valence electrons. The average molecular weight is 241 g/mol. The predicted octanol–water partition coefficient (Wildman–Crippen LogP) is -0.642. The largest absolute Gasteiger partial charge is 0.369 e. The van der Waals surface area contributed by atoms with Gasteiger partial charge >= 0.3 is 5.69 Å². The summed E-state index contributed by atoms with van der Waals surface area (Å²) < 4.78 is 1.37. The minimum absolute atomic E-state index is 0.00392. The van der Waals surface area contributed by atoms with Crippen LogP contribution in [-0.2, 0) is 6.54 Å². The number of aryl methyl sites for hydroxylation is 1. The SMILES string of the molecule is CSCCn1c(=O)[nH]c2nc(N)[nH]c(=O)c21. The Labute approximate surface area is 94.1 Å². The van der Waals surface area contributed by atoms with Crippen LogP contribution in [0.5, 0.6) is 0 Å². The van der Waals surface area contributed by atoms with Crippen molar-refractivity contribution in [2.24, 2.45) is 0 Å². The van der Waals surface area contributed by atoms with Gasteiger partial charge in [-0.05, 0) is 6.26 Å². The molecular formula is C8H11N5O2S. The average Bonchev–Trinajstić information content (AvgIpc) is 2.51. The number of rotatable bonds is 3. The highest BCUT2D eigenvalue weighted by molar-refractivity contribution is 7.98. The van der Waals surface area contributed by atoms with Crippen molar-refractivity contribution in [3.8, 4) is 0 Å². The van der Waals surface area contributed by atoms with Crippen molar-refractivity contribution in [1.29, 1.82) is 0 Å². The van der Waals surface area contributed by atoms with E-state index in [9.17, 15) is 9.59 Å². The number of nitrogens with zero attached hydrogens (tertiary/aromatic N) is 2. The summed E-state index contributed by atoms with van der Waals surface area (Å²) in [5.74, 6) is 0.743. The third kappa shape index (κ3) is 1.71. The van der Waals surface area contributed by atoms with E-state index in [-0.39, 0.29) is 22.8 Å². The highest BCUT2D eigenvalue weighted by atomic mass is 32.2. The minimum atomic E-state index is -0.401. The molecule has 0 aliphatic rings. The first-order valence-corrected chi connectivity index (χ1v) is 6.00. The second kappa shape index (κ2) is 4.05. The number of nitrogens with one attached hydrogen (secondary N) is 2. The van der Waals surface area contributed by atoms with Crippen LogP contribution in [0.1, 0.15) is 0 Å². The summed E-state index contributed by atoms with van der Waals surface area (Å²) in [4.78, 5) is 31.9. The molecule has 0 aliphatic heterocycles. The molecule has 0 atom stereocenters. The first-order valence-electron chi connectivity index (χ1n) is 4.60. The van der Waals surface area contributed by atoms with Gasteiger partial charge < -0.3 is 5.73 Å². The highest BCUT2D eigenvalue weighted by Crippen LogP contribution is 2.03. The van der Waals surface area contributed by atoms with Crippen LogP contribution in [0.25, 0.3) is 11.2 Å². The number of nitrogen functional groups attached to an aromatic ring is 1. The van der Waals surface area contributed by atoms with Crippen LogP contribution in [0.15, 0.2) is 9.59 Å². The van der Waals surface area contributed by atoms with Gasteiger partial charge in [0.05, 0.1) is 0 Å². The highest BCUT2D eigenvalue weighted by Gasteiger charge is 2.11. The molecule has 0 radical (unpaired) electrons. The monoisotopic (exact) mass is 241 g/mol. The Morgan fingerprint density at radius 1 is 1.44 bits per heavy atom. The van der Waals surface area contributed by atoms with Gasteiger partial charge in [0.1, 0.15) is 0 Å². The molecule has 0 aromatic carbocycles. The summed E-state index contributed by atoms with van der Waals surface area (Å²) in [7, 11) is 0. The van der Waals surface area contributed by atoms with Gasteiger partial charge in [0.2, 0.25) is 5.95 Å². The summed E-state index contributed by atoms with van der Waals surface area (Å²) in [6.07, 6.45) is 1.93. The Kier molecular flexibility index (Phi) is 2.73. The number of aromatic amines is 2. The zero-order valence-corrected chi connectivity index (χ0v) is 9.43. The molecular weight excluding hydrogens is 230 g/mol. The van der Waals surface area contributed by atoms with Crippen LogP contribution < -0.4 is 17.0 Å². The minimum Gasteiger partial charge on any atom is -0.369 e. The molecule has 8 heteroatoms. The zero-order chi connectivity index (χ0) is 11.7. The molecule has 0 bridgehead atoms. The number of fused-ring (bicyclic) bond motifs is 1. The van der Waals surface area contributed by atoms with Crippen LogP contribution in [0.4, 0.5) is 5.95 Å². The van der Waals surface area contributed by atoms with E-state index in [0.717, 1.165) is 5.75 Å². The van der Waals surface area contributed by atoms with Crippen LogP contribution >= 0.6 is 11.8 Å². The fraction of sp³-hybridized carbons (Fsp3) is 0.375. The fourth-order valence-corrected chi connectivity index (χ4v) is 1.85. The Morgan fingerprint density at radius 3 is 2.88 bits per heavy atom. The molecule has 16 heavy (non-hydrogen) atoms. The second-order valence-corrected chi connectivity index (χ2v) is 4.21. The molecule has 0 saturated carbocycles. The van der Waals surface area contributed by atoms with Gasteiger partial charge in [-0.1, -0.05) is 0 Å². The molecule has 2 heterocycles. The number of aromatic nitrogens is 4. The number of hydrogen-bond donors (Lipinski definition) is 3. The molecule has 0 saturated heterocycles. The summed E-state index contributed by atoms with van der Waals surface area (Å²) in [5, 5.41) is 0. The van der Waals surface area contributed by atoms with Crippen LogP contribution in [-0.4, -0.2) is 31.5 Å². The van der Waals surface area contributed by atoms with E-state index in [1.807, 2.05) is 6.26 Å². The van der Waals surface area contributed by atoms with E-state index in [1.54, 1.807) is 11.8 Å². The van der Waals surface area contributed by atoms with E-state index in [4.69, 9.17) is 5.73 Å². The smallest absolute Gasteiger partial charge is 0.327 e. The maximum absolute atomic E-state index is 11.6. The molecule has 0 spiro atoms. The molecule has 2 aromatic rings. The first kappa shape index (κ1) is 10.8. The number of H-pyrrole nitrogens is 2. The van der Waals surface area contributed by atoms with Gasteiger partial charge in [0.25, 0.3) is 5.56 Å². The van der Waals surface area contributed by atoms with Gasteiger partial charge in [0.15, 0.2) is 11.2 Å². The molecule has 0 unspecified atom stereocenters. The van der Waals surface area contributed by atoms with Crippen molar-refractivity contribution in [3.05, 3.63) is 20.8 Å². The van der Waals surface area contributed by atoms with E-state index in [1.165, 1.54) is 4.57 Å². The van der Waals surface area contributed by atoms with Crippen molar-refractivity contribution in [3.63, 3.8) is 0 Å². The van der Waals surface area contributed by atoms with Gasteiger partial charge in [0, 0.05) is 12.3 Å². The summed E-state index contributed by atoms with van der Waals surface area (Å²) in [5.41, 5.74) is 5.11. The molecule has 0 amide bonds. The number of hydrogen-bond acceptors (Lipinski definition) is 5. The maximum Gasteiger partial charge on any atom is 0.327 e. The van der Waals surface area contributed by atoms with Crippen molar-refractivity contribution in [2.75, 3.05) is 17.7 Å². The lowest BCUT2D eigenvalue weighted by Crippen LogP contribution is -2.21. The molecule has 0 aliphatic carbocycles. The quantitative estimate of drug-likeness (QED) is 0.662. The Morgan fingerprint density at radius 2 is 2.19 bits per heavy atom. The Balaban J connectivity index is 2.69. The molecule has 4 N–H and O–H groups in total. The van der Waals surface area contributed by atoms with E-state index < -0.39 is 5.56 Å². The molecule has 0 fully saturated rings. The van der Waals surface area contributed by atoms with Crippen molar-refractivity contribution < 1.29 is 0 Å². The zero-order valence-electron chi connectivity index (χ0n) is 8.61. The summed E-state index contributed by atoms with van der Waals surface area (Å²) in [6, 6.07) is 0. The standard InChI is InChI=1S/C8H11N5O2S/c1-16-3-2-13-4-5(11-8(13)15)10-7(9)12-6(4)14/h2-3H2,1H3,(H4,9,10,11,12,14,15). The Bertz CT molecular complexity index is 625. The van der Waals surface area contributed by atoms with Crippen LogP contribution in [0.3, 0.4) is 0 Å². The number of thioether (sulfide) groups is 1. The predicted molar refractivity (Wildman–Crippen MR) is 63.8 cm³/mol. The van der Waals surface area contributed by atoms with Gasteiger partial charge in [-0.3, -0.25) is 19.3 Å². The lowest BCUT2D eigenvalue weighted by atomic mass is 10.5. The van der Waals surface area contributed by atoms with E-state index >= 15 is 0 Å². The molecule has 7 nitrogen and oxygen atoms in total.